The molecule has 1 aromatic rings. The summed E-state index contributed by atoms with van der Waals surface area (Å²) in [6.07, 6.45) is 0. The highest BCUT2D eigenvalue weighted by Gasteiger charge is 1.95. The summed E-state index contributed by atoms with van der Waals surface area (Å²) in [6, 6.07) is 7.55. The summed E-state index contributed by atoms with van der Waals surface area (Å²) in [6.45, 7) is 7.68. The monoisotopic (exact) mass is 213 g/mol. The van der Waals surface area contributed by atoms with Gasteiger partial charge in [-0.25, -0.2) is 0 Å². The topological polar surface area (TPSA) is 44.5 Å². The predicted octanol–water partition coefficient (Wildman–Crippen LogP) is 2.70. The van der Waals surface area contributed by atoms with Crippen molar-refractivity contribution in [3.05, 3.63) is 24.3 Å². The molecule has 1 aromatic carbocycles. The van der Waals surface area contributed by atoms with Gasteiger partial charge in [-0.2, -0.15) is 0 Å². The molecule has 0 unspecified atom stereocenters. The minimum absolute atomic E-state index is 0. The second-order valence-electron chi connectivity index (χ2n) is 2.55. The van der Waals surface area contributed by atoms with E-state index in [1.165, 1.54) is 0 Å². The van der Waals surface area contributed by atoms with Gasteiger partial charge in [0.2, 0.25) is 0 Å². The third-order valence-electron chi connectivity index (χ3n) is 1.50. The van der Waals surface area contributed by atoms with Crippen LogP contribution in [0.1, 0.15) is 22.2 Å². The van der Waals surface area contributed by atoms with E-state index in [0.29, 0.717) is 19.8 Å². The first kappa shape index (κ1) is 13.8. The van der Waals surface area contributed by atoms with Gasteiger partial charge in [-0.3, -0.25) is 0 Å². The summed E-state index contributed by atoms with van der Waals surface area (Å²) in [5, 5.41) is 0. The third kappa shape index (κ3) is 5.96. The fourth-order valence-electron chi connectivity index (χ4n) is 0.997. The van der Waals surface area contributed by atoms with Crippen molar-refractivity contribution in [3.8, 4) is 11.5 Å². The second-order valence-corrected chi connectivity index (χ2v) is 2.55. The van der Waals surface area contributed by atoms with E-state index in [1.807, 2.05) is 45.0 Å². The van der Waals surface area contributed by atoms with Crippen molar-refractivity contribution in [2.45, 2.75) is 20.8 Å². The van der Waals surface area contributed by atoms with E-state index in [0.717, 1.165) is 11.5 Å². The molecule has 1 rings (SSSR count). The molecule has 3 nitrogen and oxygen atoms in total. The molecule has 0 radical (unpaired) electrons. The van der Waals surface area contributed by atoms with Crippen LogP contribution in [0.3, 0.4) is 0 Å². The Morgan fingerprint density at radius 1 is 1.20 bits per heavy atom. The molecule has 2 N–H and O–H groups in total. The van der Waals surface area contributed by atoms with Crippen LogP contribution in [0.4, 0.5) is 0 Å². The zero-order valence-electron chi connectivity index (χ0n) is 9.82. The van der Waals surface area contributed by atoms with Crippen LogP contribution < -0.4 is 15.2 Å². The smallest absolute Gasteiger partial charge is 0.123 e. The van der Waals surface area contributed by atoms with Crippen LogP contribution in [0.2, 0.25) is 0 Å². The van der Waals surface area contributed by atoms with Crippen LogP contribution in [-0.4, -0.2) is 19.8 Å². The second kappa shape index (κ2) is 9.34. The van der Waals surface area contributed by atoms with Gasteiger partial charge in [0.25, 0.3) is 0 Å². The lowest BCUT2D eigenvalue weighted by Crippen LogP contribution is -2.10. The summed E-state index contributed by atoms with van der Waals surface area (Å²) < 4.78 is 10.7. The standard InChI is InChI=1S/C10H15NO2.C2H6.H2/c1-2-12-9-4-3-5-10(8-9)13-7-6-11;1-2;/h3-5,8H,2,6-7,11H2,1H3;1-2H3;1H. The summed E-state index contributed by atoms with van der Waals surface area (Å²) in [5.41, 5.74) is 5.32. The maximum Gasteiger partial charge on any atom is 0.123 e. The van der Waals surface area contributed by atoms with Gasteiger partial charge in [0.1, 0.15) is 18.1 Å². The molecule has 0 saturated heterocycles. The van der Waals surface area contributed by atoms with E-state index in [2.05, 4.69) is 0 Å². The molecule has 0 bridgehead atoms. The van der Waals surface area contributed by atoms with Crippen molar-refractivity contribution in [2.75, 3.05) is 19.8 Å². The van der Waals surface area contributed by atoms with Crippen LogP contribution in [0, 0.1) is 0 Å². The Hall–Kier alpha value is -1.22. The normalized spacial score (nSPS) is 8.80. The molecule has 3 heteroatoms. The first-order valence-corrected chi connectivity index (χ1v) is 5.42. The Morgan fingerprint density at radius 3 is 2.33 bits per heavy atom. The molecule has 0 fully saturated rings. The van der Waals surface area contributed by atoms with E-state index < -0.39 is 0 Å². The fraction of sp³-hybridized carbons (Fsp3) is 0.500. The van der Waals surface area contributed by atoms with Crippen LogP contribution in [0.15, 0.2) is 24.3 Å². The SMILES string of the molecule is CC.CCOc1cccc(OCCN)c1.[HH]. The molecule has 0 aliphatic rings. The number of rotatable bonds is 5. The Balaban J connectivity index is 0. The van der Waals surface area contributed by atoms with Crippen LogP contribution in [0.5, 0.6) is 11.5 Å². The van der Waals surface area contributed by atoms with Gasteiger partial charge >= 0.3 is 0 Å². The van der Waals surface area contributed by atoms with E-state index in [4.69, 9.17) is 15.2 Å². The lowest BCUT2D eigenvalue weighted by Gasteiger charge is -2.06. The van der Waals surface area contributed by atoms with Gasteiger partial charge < -0.3 is 15.2 Å². The molecule has 88 valence electrons. The van der Waals surface area contributed by atoms with Crippen LogP contribution in [0.25, 0.3) is 0 Å². The fourth-order valence-corrected chi connectivity index (χ4v) is 0.997. The number of nitrogens with two attached hydrogens (primary N) is 1. The lowest BCUT2D eigenvalue weighted by molar-refractivity contribution is 0.316. The van der Waals surface area contributed by atoms with E-state index in [9.17, 15) is 0 Å². The quantitative estimate of drug-likeness (QED) is 0.818. The molecule has 0 saturated carbocycles. The highest BCUT2D eigenvalue weighted by Crippen LogP contribution is 2.18. The van der Waals surface area contributed by atoms with Gasteiger partial charge in [-0.1, -0.05) is 19.9 Å². The minimum Gasteiger partial charge on any atom is -0.494 e. The Morgan fingerprint density at radius 2 is 1.80 bits per heavy atom. The maximum atomic E-state index is 5.34. The molecule has 0 atom stereocenters. The molecule has 0 aliphatic carbocycles. The average molecular weight is 213 g/mol. The predicted molar refractivity (Wildman–Crippen MR) is 65.6 cm³/mol. The third-order valence-corrected chi connectivity index (χ3v) is 1.50. The maximum absolute atomic E-state index is 5.34. The zero-order chi connectivity index (χ0) is 11.5. The van der Waals surface area contributed by atoms with Crippen LogP contribution >= 0.6 is 0 Å². The van der Waals surface area contributed by atoms with Crippen molar-refractivity contribution in [2.24, 2.45) is 5.73 Å². The van der Waals surface area contributed by atoms with E-state index in [-0.39, 0.29) is 1.43 Å². The van der Waals surface area contributed by atoms with Gasteiger partial charge in [-0.05, 0) is 19.1 Å². The molecule has 0 aliphatic heterocycles. The highest BCUT2D eigenvalue weighted by molar-refractivity contribution is 5.32. The first-order chi connectivity index (χ1) is 7.36. The van der Waals surface area contributed by atoms with Crippen molar-refractivity contribution in [3.63, 3.8) is 0 Å². The Bertz CT molecular complexity index is 257. The van der Waals surface area contributed by atoms with Crippen molar-refractivity contribution in [1.29, 1.82) is 0 Å². The van der Waals surface area contributed by atoms with Gasteiger partial charge in [0.05, 0.1) is 6.61 Å². The molecule has 0 aromatic heterocycles. The molecule has 0 heterocycles. The van der Waals surface area contributed by atoms with Gasteiger partial charge in [0.15, 0.2) is 0 Å². The van der Waals surface area contributed by atoms with Gasteiger partial charge in [-0.15, -0.1) is 0 Å². The Kier molecular flexibility index (Phi) is 8.58. The van der Waals surface area contributed by atoms with Gasteiger partial charge in [0, 0.05) is 14.0 Å². The highest BCUT2D eigenvalue weighted by atomic mass is 16.5. The Labute approximate surface area is 93.7 Å². The number of hydrogen-bond acceptors (Lipinski definition) is 3. The molecule has 0 spiro atoms. The molecular weight excluding hydrogens is 190 g/mol. The van der Waals surface area contributed by atoms with Crippen molar-refractivity contribution < 1.29 is 10.9 Å². The van der Waals surface area contributed by atoms with E-state index in [1.54, 1.807) is 0 Å². The number of hydrogen-bond donors (Lipinski definition) is 1. The summed E-state index contributed by atoms with van der Waals surface area (Å²) in [7, 11) is 0. The molecule has 15 heavy (non-hydrogen) atoms. The first-order valence-electron chi connectivity index (χ1n) is 5.42. The minimum atomic E-state index is 0. The summed E-state index contributed by atoms with van der Waals surface area (Å²) >= 11 is 0. The zero-order valence-corrected chi connectivity index (χ0v) is 9.82. The number of ether oxygens (including phenoxy) is 2. The lowest BCUT2D eigenvalue weighted by atomic mass is 10.3. The van der Waals surface area contributed by atoms with Crippen LogP contribution in [-0.2, 0) is 0 Å². The van der Waals surface area contributed by atoms with Crippen molar-refractivity contribution in [1.82, 2.24) is 0 Å². The number of benzene rings is 1. The van der Waals surface area contributed by atoms with E-state index >= 15 is 0 Å². The summed E-state index contributed by atoms with van der Waals surface area (Å²) in [4.78, 5) is 0. The van der Waals surface area contributed by atoms with Crippen molar-refractivity contribution >= 4 is 0 Å². The largest absolute Gasteiger partial charge is 0.494 e. The average Bonchev–Trinajstić information content (AvgIpc) is 2.30. The molecule has 0 amide bonds. The summed E-state index contributed by atoms with van der Waals surface area (Å²) in [5.74, 6) is 1.63. The molecular formula is C12H23NO2.